The molecule has 0 radical (unpaired) electrons. The van der Waals surface area contributed by atoms with Crippen molar-refractivity contribution in [3.05, 3.63) is 34.7 Å². The molecule has 0 spiro atoms. The molecule has 6 nitrogen and oxygen atoms in total. The van der Waals surface area contributed by atoms with E-state index in [0.717, 1.165) is 5.39 Å². The van der Waals surface area contributed by atoms with Gasteiger partial charge in [0.1, 0.15) is 17.7 Å². The molecule has 1 fully saturated rings. The van der Waals surface area contributed by atoms with E-state index in [1.165, 1.54) is 10.6 Å². The van der Waals surface area contributed by atoms with Crippen molar-refractivity contribution in [3.63, 3.8) is 0 Å². The van der Waals surface area contributed by atoms with Gasteiger partial charge in [-0.15, -0.1) is 0 Å². The second-order valence-corrected chi connectivity index (χ2v) is 6.95. The van der Waals surface area contributed by atoms with Crippen LogP contribution in [0.25, 0.3) is 11.0 Å². The van der Waals surface area contributed by atoms with Crippen LogP contribution in [-0.2, 0) is 16.0 Å². The molecule has 0 aromatic carbocycles. The van der Waals surface area contributed by atoms with Crippen LogP contribution in [0.1, 0.15) is 6.92 Å². The van der Waals surface area contributed by atoms with E-state index in [1.54, 1.807) is 19.3 Å². The number of morpholine rings is 1. The average Bonchev–Trinajstić information content (AvgIpc) is 2.56. The topological polar surface area (TPSA) is 56.6 Å². The Morgan fingerprint density at radius 2 is 2.19 bits per heavy atom. The standard InChI is InChI=1S/C16H18F3N3O3S/c1-10-7-22(8-11(25-10)9-24-26-16(17,18)19)13-6-14(23)21(2)15-12(13)4-3-5-20-15/h3-6,10-11H,7-9H2,1-2H3. The van der Waals surface area contributed by atoms with Crippen molar-refractivity contribution >= 4 is 28.8 Å². The lowest BCUT2D eigenvalue weighted by atomic mass is 10.1. The number of nitrogens with zero attached hydrogens (tertiary/aromatic N) is 3. The average molecular weight is 389 g/mol. The van der Waals surface area contributed by atoms with E-state index in [0.29, 0.717) is 24.4 Å². The number of alkyl halides is 3. The summed E-state index contributed by atoms with van der Waals surface area (Å²) < 4.78 is 48.5. The van der Waals surface area contributed by atoms with Crippen LogP contribution in [0.5, 0.6) is 0 Å². The summed E-state index contributed by atoms with van der Waals surface area (Å²) in [6.45, 7) is 2.46. The molecule has 3 heterocycles. The van der Waals surface area contributed by atoms with Crippen LogP contribution < -0.4 is 10.5 Å². The molecule has 0 saturated carbocycles. The number of aromatic nitrogens is 2. The number of hydrogen-bond acceptors (Lipinski definition) is 6. The summed E-state index contributed by atoms with van der Waals surface area (Å²) in [5, 5.41) is 0.799. The van der Waals surface area contributed by atoms with Gasteiger partial charge in [-0.2, -0.15) is 13.2 Å². The van der Waals surface area contributed by atoms with E-state index in [2.05, 4.69) is 9.17 Å². The Hall–Kier alpha value is -1.78. The summed E-state index contributed by atoms with van der Waals surface area (Å²) in [4.78, 5) is 18.5. The first kappa shape index (κ1) is 19.0. The fourth-order valence-electron chi connectivity index (χ4n) is 3.03. The highest BCUT2D eigenvalue weighted by Crippen LogP contribution is 2.32. The van der Waals surface area contributed by atoms with Gasteiger partial charge >= 0.3 is 5.51 Å². The molecule has 0 N–H and O–H groups in total. The van der Waals surface area contributed by atoms with E-state index in [4.69, 9.17) is 4.74 Å². The van der Waals surface area contributed by atoms with Crippen molar-refractivity contribution < 1.29 is 22.1 Å². The fourth-order valence-corrected chi connectivity index (χ4v) is 3.39. The lowest BCUT2D eigenvalue weighted by molar-refractivity contribution is -0.0521. The summed E-state index contributed by atoms with van der Waals surface area (Å²) in [7, 11) is 1.65. The van der Waals surface area contributed by atoms with Gasteiger partial charge in [0.15, 0.2) is 0 Å². The first-order chi connectivity index (χ1) is 12.2. The molecule has 0 aliphatic carbocycles. The maximum Gasteiger partial charge on any atom is 0.467 e. The van der Waals surface area contributed by atoms with E-state index >= 15 is 0 Å². The first-order valence-corrected chi connectivity index (χ1v) is 8.71. The molecule has 1 saturated heterocycles. The molecule has 2 unspecified atom stereocenters. The summed E-state index contributed by atoms with van der Waals surface area (Å²) >= 11 is -0.529. The molecule has 142 valence electrons. The van der Waals surface area contributed by atoms with Crippen molar-refractivity contribution in [3.8, 4) is 0 Å². The number of ether oxygens (including phenoxy) is 1. The van der Waals surface area contributed by atoms with Crippen molar-refractivity contribution in [2.24, 2.45) is 7.05 Å². The predicted octanol–water partition coefficient (Wildman–Crippen LogP) is 2.71. The van der Waals surface area contributed by atoms with E-state index in [-0.39, 0.29) is 18.3 Å². The SMILES string of the molecule is CC1CN(c2cc(=O)n(C)c3ncccc23)CC(COSC(F)(F)F)O1. The van der Waals surface area contributed by atoms with E-state index in [1.807, 2.05) is 17.9 Å². The highest BCUT2D eigenvalue weighted by molar-refractivity contribution is 7.95. The molecule has 3 rings (SSSR count). The van der Waals surface area contributed by atoms with E-state index in [9.17, 15) is 18.0 Å². The maximum absolute atomic E-state index is 12.3. The van der Waals surface area contributed by atoms with Gasteiger partial charge in [0.25, 0.3) is 5.56 Å². The Labute approximate surface area is 152 Å². The summed E-state index contributed by atoms with van der Waals surface area (Å²) in [5.41, 5.74) is -3.41. The van der Waals surface area contributed by atoms with Gasteiger partial charge in [0.2, 0.25) is 0 Å². The number of aryl methyl sites for hydroxylation is 1. The minimum absolute atomic E-state index is 0.202. The molecule has 2 aromatic rings. The van der Waals surface area contributed by atoms with Crippen LogP contribution in [0.3, 0.4) is 0 Å². The Balaban J connectivity index is 1.84. The first-order valence-electron chi connectivity index (χ1n) is 7.97. The number of halogens is 3. The lowest BCUT2D eigenvalue weighted by Crippen LogP contribution is -2.48. The summed E-state index contributed by atoms with van der Waals surface area (Å²) in [6, 6.07) is 5.16. The zero-order valence-corrected chi connectivity index (χ0v) is 15.0. The van der Waals surface area contributed by atoms with Crippen LogP contribution >= 0.6 is 12.0 Å². The molecule has 2 aromatic heterocycles. The Morgan fingerprint density at radius 3 is 2.92 bits per heavy atom. The molecule has 0 amide bonds. The third-order valence-electron chi connectivity index (χ3n) is 4.05. The van der Waals surface area contributed by atoms with Crippen molar-refractivity contribution in [2.45, 2.75) is 24.6 Å². The Morgan fingerprint density at radius 1 is 1.42 bits per heavy atom. The van der Waals surface area contributed by atoms with Crippen molar-refractivity contribution in [1.82, 2.24) is 9.55 Å². The van der Waals surface area contributed by atoms with Gasteiger partial charge in [-0.05, 0) is 19.1 Å². The molecular weight excluding hydrogens is 371 g/mol. The summed E-state index contributed by atoms with van der Waals surface area (Å²) in [6.07, 6.45) is 0.854. The van der Waals surface area contributed by atoms with Crippen LogP contribution in [-0.4, -0.2) is 47.0 Å². The predicted molar refractivity (Wildman–Crippen MR) is 93.1 cm³/mol. The highest BCUT2D eigenvalue weighted by atomic mass is 32.2. The smallest absolute Gasteiger partial charge is 0.369 e. The quantitative estimate of drug-likeness (QED) is 0.750. The van der Waals surface area contributed by atoms with Gasteiger partial charge in [-0.25, -0.2) is 4.98 Å². The van der Waals surface area contributed by atoms with Gasteiger partial charge in [0.05, 0.1) is 24.5 Å². The number of fused-ring (bicyclic) bond motifs is 1. The minimum atomic E-state index is -4.45. The summed E-state index contributed by atoms with van der Waals surface area (Å²) in [5.74, 6) is 0. The number of hydrogen-bond donors (Lipinski definition) is 0. The maximum atomic E-state index is 12.3. The Kier molecular flexibility index (Phi) is 5.44. The zero-order chi connectivity index (χ0) is 18.9. The second-order valence-electron chi connectivity index (χ2n) is 6.09. The third kappa shape index (κ3) is 4.30. The van der Waals surface area contributed by atoms with E-state index < -0.39 is 23.7 Å². The normalized spacial score (nSPS) is 21.3. The zero-order valence-electron chi connectivity index (χ0n) is 14.2. The Bertz CT molecular complexity index is 843. The number of rotatable bonds is 4. The highest BCUT2D eigenvalue weighted by Gasteiger charge is 2.32. The number of anilines is 1. The molecule has 10 heteroatoms. The molecule has 1 aliphatic heterocycles. The third-order valence-corrected chi connectivity index (χ3v) is 4.49. The fraction of sp³-hybridized carbons (Fsp3) is 0.500. The lowest BCUT2D eigenvalue weighted by Gasteiger charge is -2.38. The van der Waals surface area contributed by atoms with Crippen LogP contribution in [0, 0.1) is 0 Å². The molecule has 0 bridgehead atoms. The molecular formula is C16H18F3N3O3S. The molecule has 26 heavy (non-hydrogen) atoms. The molecule has 2 atom stereocenters. The minimum Gasteiger partial charge on any atom is -0.369 e. The second kappa shape index (κ2) is 7.45. The monoisotopic (exact) mass is 389 g/mol. The van der Waals surface area contributed by atoms with Gasteiger partial charge in [-0.3, -0.25) is 9.36 Å². The van der Waals surface area contributed by atoms with Gasteiger partial charge in [-0.1, -0.05) is 0 Å². The van der Waals surface area contributed by atoms with Gasteiger partial charge in [0, 0.05) is 37.8 Å². The molecule has 1 aliphatic rings. The van der Waals surface area contributed by atoms with Crippen molar-refractivity contribution in [1.29, 1.82) is 0 Å². The largest absolute Gasteiger partial charge is 0.467 e. The van der Waals surface area contributed by atoms with Gasteiger partial charge < -0.3 is 13.8 Å². The number of pyridine rings is 2. The van der Waals surface area contributed by atoms with Crippen LogP contribution in [0.4, 0.5) is 18.9 Å². The van der Waals surface area contributed by atoms with Crippen LogP contribution in [0.2, 0.25) is 0 Å². The van der Waals surface area contributed by atoms with Crippen molar-refractivity contribution in [2.75, 3.05) is 24.6 Å². The van der Waals surface area contributed by atoms with Crippen LogP contribution in [0.15, 0.2) is 29.2 Å².